The monoisotopic (exact) mass is 342 g/mol. The van der Waals surface area contributed by atoms with Crippen LogP contribution in [-0.4, -0.2) is 44.5 Å². The number of sulfonamides is 1. The molecular weight excluding hydrogens is 324 g/mol. The molecule has 0 amide bonds. The van der Waals surface area contributed by atoms with E-state index in [2.05, 4.69) is 9.71 Å². The third-order valence-corrected chi connectivity index (χ3v) is 4.71. The van der Waals surface area contributed by atoms with Crippen LogP contribution in [0, 0.1) is 0 Å². The highest BCUT2D eigenvalue weighted by Crippen LogP contribution is 2.37. The number of carboxylic acids is 1. The highest BCUT2D eigenvalue weighted by Gasteiger charge is 2.23. The summed E-state index contributed by atoms with van der Waals surface area (Å²) in [6.45, 7) is 1.72. The van der Waals surface area contributed by atoms with Gasteiger partial charge < -0.3 is 19.6 Å². The molecule has 0 aliphatic rings. The zero-order valence-electron chi connectivity index (χ0n) is 13.0. The molecule has 0 bridgehead atoms. The summed E-state index contributed by atoms with van der Waals surface area (Å²) in [5, 5.41) is 9.71. The van der Waals surface area contributed by atoms with Gasteiger partial charge in [0.1, 0.15) is 5.69 Å². The molecule has 0 saturated heterocycles. The molecule has 1 heterocycles. The summed E-state index contributed by atoms with van der Waals surface area (Å²) in [7, 11) is -0.749. The number of aromatic nitrogens is 1. The zero-order valence-corrected chi connectivity index (χ0v) is 13.8. The fourth-order valence-electron chi connectivity index (χ4n) is 2.26. The third-order valence-electron chi connectivity index (χ3n) is 3.25. The fraction of sp³-hybridized carbons (Fsp3) is 0.357. The predicted molar refractivity (Wildman–Crippen MR) is 86.1 cm³/mol. The highest BCUT2D eigenvalue weighted by molar-refractivity contribution is 7.92. The average Bonchev–Trinajstić information content (AvgIpc) is 2.83. The van der Waals surface area contributed by atoms with E-state index in [1.165, 1.54) is 20.3 Å². The maximum absolute atomic E-state index is 12.0. The molecule has 0 aliphatic heterocycles. The zero-order chi connectivity index (χ0) is 17.2. The molecule has 0 saturated carbocycles. The van der Waals surface area contributed by atoms with Crippen LogP contribution < -0.4 is 14.2 Å². The number of aromatic amines is 1. The van der Waals surface area contributed by atoms with Crippen LogP contribution in [-0.2, 0) is 10.0 Å². The van der Waals surface area contributed by atoms with Gasteiger partial charge in [-0.2, -0.15) is 0 Å². The number of nitrogens with one attached hydrogen (secondary N) is 2. The molecular formula is C14H18N2O6S. The van der Waals surface area contributed by atoms with Crippen LogP contribution in [0.1, 0.15) is 23.8 Å². The maximum Gasteiger partial charge on any atom is 0.354 e. The topological polar surface area (TPSA) is 118 Å². The molecule has 0 aliphatic carbocycles. The minimum Gasteiger partial charge on any atom is -0.493 e. The Bertz CT molecular complexity index is 841. The molecule has 1 aromatic heterocycles. The van der Waals surface area contributed by atoms with Gasteiger partial charge in [0, 0.05) is 11.5 Å². The smallest absolute Gasteiger partial charge is 0.354 e. The largest absolute Gasteiger partial charge is 0.493 e. The van der Waals surface area contributed by atoms with Crippen LogP contribution in [0.3, 0.4) is 0 Å². The number of benzene rings is 1. The van der Waals surface area contributed by atoms with Gasteiger partial charge in [0.25, 0.3) is 0 Å². The van der Waals surface area contributed by atoms with Gasteiger partial charge in [-0.15, -0.1) is 0 Å². The van der Waals surface area contributed by atoms with Crippen molar-refractivity contribution in [1.29, 1.82) is 0 Å². The quantitative estimate of drug-likeness (QED) is 0.708. The molecule has 2 aromatic rings. The second-order valence-corrected chi connectivity index (χ2v) is 6.70. The van der Waals surface area contributed by atoms with Gasteiger partial charge in [-0.1, -0.05) is 6.92 Å². The number of H-pyrrole nitrogens is 1. The van der Waals surface area contributed by atoms with Crippen LogP contribution in [0.5, 0.6) is 11.5 Å². The first kappa shape index (κ1) is 16.9. The van der Waals surface area contributed by atoms with Crippen LogP contribution in [0.25, 0.3) is 10.9 Å². The van der Waals surface area contributed by atoms with E-state index in [0.29, 0.717) is 28.8 Å². The molecule has 126 valence electrons. The standard InChI is InChI=1S/C14H18N2O6S/c1-4-5-23(19,20)16-12-8-6-10(21-2)11(22-3)7-9(8)15-13(12)14(17)18/h6-7,15-16H,4-5H2,1-3H3,(H,17,18). The normalized spacial score (nSPS) is 11.4. The Labute approximate surface area is 133 Å². The first-order valence-corrected chi connectivity index (χ1v) is 8.49. The van der Waals surface area contributed by atoms with Crippen molar-refractivity contribution in [1.82, 2.24) is 4.98 Å². The number of anilines is 1. The van der Waals surface area contributed by atoms with Crippen molar-refractivity contribution in [3.63, 3.8) is 0 Å². The predicted octanol–water partition coefficient (Wildman–Crippen LogP) is 2.04. The van der Waals surface area contributed by atoms with Crippen molar-refractivity contribution in [2.45, 2.75) is 13.3 Å². The van der Waals surface area contributed by atoms with Crippen molar-refractivity contribution < 1.29 is 27.8 Å². The Hall–Kier alpha value is -2.42. The molecule has 1 aromatic carbocycles. The highest BCUT2D eigenvalue weighted by atomic mass is 32.2. The minimum atomic E-state index is -3.64. The SMILES string of the molecule is CCCS(=O)(=O)Nc1c(C(=O)O)[nH]c2cc(OC)c(OC)cc12. The lowest BCUT2D eigenvalue weighted by atomic mass is 10.2. The van der Waals surface area contributed by atoms with E-state index in [1.807, 2.05) is 0 Å². The van der Waals surface area contributed by atoms with Crippen molar-refractivity contribution in [3.8, 4) is 11.5 Å². The molecule has 9 heteroatoms. The first-order valence-electron chi connectivity index (χ1n) is 6.84. The van der Waals surface area contributed by atoms with Crippen molar-refractivity contribution >= 4 is 32.6 Å². The third kappa shape index (κ3) is 3.34. The van der Waals surface area contributed by atoms with Gasteiger partial charge >= 0.3 is 5.97 Å². The molecule has 0 fully saturated rings. The molecule has 0 radical (unpaired) electrons. The van der Waals surface area contributed by atoms with Gasteiger partial charge in [-0.05, 0) is 12.5 Å². The number of aromatic carboxylic acids is 1. The van der Waals surface area contributed by atoms with E-state index in [-0.39, 0.29) is 17.1 Å². The van der Waals surface area contributed by atoms with Crippen LogP contribution in [0.2, 0.25) is 0 Å². The van der Waals surface area contributed by atoms with E-state index in [4.69, 9.17) is 9.47 Å². The summed E-state index contributed by atoms with van der Waals surface area (Å²) in [4.78, 5) is 14.1. The molecule has 3 N–H and O–H groups in total. The van der Waals surface area contributed by atoms with Crippen molar-refractivity contribution in [2.24, 2.45) is 0 Å². The van der Waals surface area contributed by atoms with Crippen molar-refractivity contribution in [3.05, 3.63) is 17.8 Å². The number of carboxylic acid groups (broad SMARTS) is 1. The minimum absolute atomic E-state index is 0.0121. The number of ether oxygens (including phenoxy) is 2. The van der Waals surface area contributed by atoms with Gasteiger partial charge in [0.05, 0.1) is 31.2 Å². The number of carbonyl (C=O) groups is 1. The first-order chi connectivity index (χ1) is 10.8. The van der Waals surface area contributed by atoms with Gasteiger partial charge in [-0.25, -0.2) is 13.2 Å². The van der Waals surface area contributed by atoms with E-state index in [1.54, 1.807) is 13.0 Å². The lowest BCUT2D eigenvalue weighted by Crippen LogP contribution is -2.17. The summed E-state index contributed by atoms with van der Waals surface area (Å²) in [6.07, 6.45) is 0.414. The van der Waals surface area contributed by atoms with Crippen LogP contribution in [0.15, 0.2) is 12.1 Å². The Morgan fingerprint density at radius 3 is 2.39 bits per heavy atom. The van der Waals surface area contributed by atoms with Gasteiger partial charge in [0.15, 0.2) is 11.5 Å². The van der Waals surface area contributed by atoms with Crippen molar-refractivity contribution in [2.75, 3.05) is 24.7 Å². The van der Waals surface area contributed by atoms with Gasteiger partial charge in [-0.3, -0.25) is 4.72 Å². The Balaban J connectivity index is 2.69. The van der Waals surface area contributed by atoms with Crippen LogP contribution in [0.4, 0.5) is 5.69 Å². The van der Waals surface area contributed by atoms with E-state index < -0.39 is 16.0 Å². The van der Waals surface area contributed by atoms with E-state index in [0.717, 1.165) is 0 Å². The average molecular weight is 342 g/mol. The molecule has 8 nitrogen and oxygen atoms in total. The molecule has 0 spiro atoms. The molecule has 2 rings (SSSR count). The lowest BCUT2D eigenvalue weighted by molar-refractivity contribution is 0.0692. The summed E-state index contributed by atoms with van der Waals surface area (Å²) >= 11 is 0. The Morgan fingerprint density at radius 2 is 1.87 bits per heavy atom. The summed E-state index contributed by atoms with van der Waals surface area (Å²) < 4.78 is 36.7. The summed E-state index contributed by atoms with van der Waals surface area (Å²) in [6, 6.07) is 3.08. The van der Waals surface area contributed by atoms with E-state index >= 15 is 0 Å². The number of fused-ring (bicyclic) bond motifs is 1. The molecule has 0 unspecified atom stereocenters. The number of hydrogen-bond acceptors (Lipinski definition) is 5. The Morgan fingerprint density at radius 1 is 1.26 bits per heavy atom. The lowest BCUT2D eigenvalue weighted by Gasteiger charge is -2.09. The number of rotatable bonds is 7. The second kappa shape index (κ2) is 6.37. The van der Waals surface area contributed by atoms with Gasteiger partial charge in [0.2, 0.25) is 10.0 Å². The molecule has 23 heavy (non-hydrogen) atoms. The number of hydrogen-bond donors (Lipinski definition) is 3. The van der Waals surface area contributed by atoms with E-state index in [9.17, 15) is 18.3 Å². The maximum atomic E-state index is 12.0. The number of methoxy groups -OCH3 is 2. The summed E-state index contributed by atoms with van der Waals surface area (Å²) in [5.41, 5.74) is 0.172. The second-order valence-electron chi connectivity index (χ2n) is 4.85. The Kier molecular flexibility index (Phi) is 4.69. The fourth-order valence-corrected chi connectivity index (χ4v) is 3.43. The van der Waals surface area contributed by atoms with Crippen LogP contribution >= 0.6 is 0 Å². The molecule has 0 atom stereocenters. The summed E-state index contributed by atoms with van der Waals surface area (Å²) in [5.74, 6) is -0.604.